The Morgan fingerprint density at radius 1 is 1.36 bits per heavy atom. The van der Waals surface area contributed by atoms with Crippen LogP contribution in [0.25, 0.3) is 0 Å². The summed E-state index contributed by atoms with van der Waals surface area (Å²) in [5, 5.41) is 9.22. The molecule has 0 aromatic rings. The summed E-state index contributed by atoms with van der Waals surface area (Å²) in [6.45, 7) is 9.54. The molecule has 0 saturated heterocycles. The van der Waals surface area contributed by atoms with Gasteiger partial charge in [-0.05, 0) is 26.8 Å². The average Bonchev–Trinajstić information content (AvgIpc) is 1.82. The highest BCUT2D eigenvalue weighted by Gasteiger charge is 1.88. The molecule has 0 aromatic heterocycles. The molecule has 0 bridgehead atoms. The molecule has 1 N–H and O–H groups in total. The maximum absolute atomic E-state index is 9.22. The lowest BCUT2D eigenvalue weighted by Crippen LogP contribution is -1.79. The monoisotopic (exact) mass is 152 g/mol. The van der Waals surface area contributed by atoms with E-state index in [9.17, 15) is 5.11 Å². The Hall–Kier alpha value is -0.980. The fourth-order valence-corrected chi connectivity index (χ4v) is 0.652. The van der Waals surface area contributed by atoms with Gasteiger partial charge < -0.3 is 5.11 Å². The first kappa shape index (κ1) is 10.0. The first-order chi connectivity index (χ1) is 5.02. The van der Waals surface area contributed by atoms with Crippen molar-refractivity contribution in [3.63, 3.8) is 0 Å². The summed E-state index contributed by atoms with van der Waals surface area (Å²) >= 11 is 0. The minimum absolute atomic E-state index is 0.374. The molecule has 0 radical (unpaired) electrons. The smallest absolute Gasteiger partial charge is 0.0962 e. The maximum Gasteiger partial charge on any atom is 0.0962 e. The van der Waals surface area contributed by atoms with Crippen molar-refractivity contribution in [2.75, 3.05) is 0 Å². The van der Waals surface area contributed by atoms with Crippen LogP contribution in [0.4, 0.5) is 0 Å². The number of hydrogen-bond acceptors (Lipinski definition) is 1. The van der Waals surface area contributed by atoms with Crippen molar-refractivity contribution in [1.29, 1.82) is 0 Å². The van der Waals surface area contributed by atoms with Crippen LogP contribution in [0.2, 0.25) is 0 Å². The van der Waals surface area contributed by atoms with Crippen molar-refractivity contribution < 1.29 is 5.11 Å². The van der Waals surface area contributed by atoms with Crippen LogP contribution in [0, 0.1) is 0 Å². The molecular weight excluding hydrogens is 136 g/mol. The second kappa shape index (κ2) is 4.78. The SMILES string of the molecule is C=C(C)C=C(O)CC=C(C)C. The van der Waals surface area contributed by atoms with E-state index >= 15 is 0 Å². The Morgan fingerprint density at radius 2 is 1.91 bits per heavy atom. The summed E-state index contributed by atoms with van der Waals surface area (Å²) in [7, 11) is 0. The van der Waals surface area contributed by atoms with Gasteiger partial charge in [0.15, 0.2) is 0 Å². The molecule has 1 nitrogen and oxygen atoms in total. The predicted molar refractivity (Wildman–Crippen MR) is 49.6 cm³/mol. The molecule has 0 heterocycles. The van der Waals surface area contributed by atoms with Gasteiger partial charge in [-0.3, -0.25) is 0 Å². The Balaban J connectivity index is 3.97. The van der Waals surface area contributed by atoms with Crippen molar-refractivity contribution in [3.05, 3.63) is 35.6 Å². The van der Waals surface area contributed by atoms with Crippen molar-refractivity contribution in [3.8, 4) is 0 Å². The summed E-state index contributed by atoms with van der Waals surface area (Å²) in [6.07, 6.45) is 4.27. The summed E-state index contributed by atoms with van der Waals surface area (Å²) < 4.78 is 0. The van der Waals surface area contributed by atoms with Crippen LogP contribution >= 0.6 is 0 Å². The minimum Gasteiger partial charge on any atom is -0.512 e. The van der Waals surface area contributed by atoms with Gasteiger partial charge in [0.25, 0.3) is 0 Å². The molecule has 0 aliphatic rings. The van der Waals surface area contributed by atoms with Crippen molar-refractivity contribution in [2.24, 2.45) is 0 Å². The normalized spacial score (nSPS) is 11.0. The molecule has 62 valence electrons. The Morgan fingerprint density at radius 3 is 2.27 bits per heavy atom. The zero-order chi connectivity index (χ0) is 8.85. The van der Waals surface area contributed by atoms with Gasteiger partial charge in [-0.2, -0.15) is 0 Å². The fourth-order valence-electron chi connectivity index (χ4n) is 0.652. The number of hydrogen-bond donors (Lipinski definition) is 1. The van der Waals surface area contributed by atoms with E-state index in [0.29, 0.717) is 12.2 Å². The Kier molecular flexibility index (Phi) is 4.35. The van der Waals surface area contributed by atoms with E-state index in [-0.39, 0.29) is 0 Å². The van der Waals surface area contributed by atoms with Crippen LogP contribution in [0.5, 0.6) is 0 Å². The summed E-state index contributed by atoms with van der Waals surface area (Å²) in [5.74, 6) is 0.374. The van der Waals surface area contributed by atoms with E-state index in [2.05, 4.69) is 6.58 Å². The lowest BCUT2D eigenvalue weighted by molar-refractivity contribution is 0.400. The minimum atomic E-state index is 0.374. The summed E-state index contributed by atoms with van der Waals surface area (Å²) in [6, 6.07) is 0. The maximum atomic E-state index is 9.22. The molecule has 0 saturated carbocycles. The summed E-state index contributed by atoms with van der Waals surface area (Å²) in [4.78, 5) is 0. The van der Waals surface area contributed by atoms with Gasteiger partial charge in [0.05, 0.1) is 5.76 Å². The lowest BCUT2D eigenvalue weighted by atomic mass is 10.2. The highest BCUT2D eigenvalue weighted by Crippen LogP contribution is 2.04. The van der Waals surface area contributed by atoms with E-state index < -0.39 is 0 Å². The second-order valence-electron chi connectivity index (χ2n) is 2.97. The first-order valence-electron chi connectivity index (χ1n) is 3.70. The largest absolute Gasteiger partial charge is 0.512 e. The van der Waals surface area contributed by atoms with Crippen LogP contribution in [-0.2, 0) is 0 Å². The molecule has 0 atom stereocenters. The van der Waals surface area contributed by atoms with Gasteiger partial charge in [-0.25, -0.2) is 0 Å². The highest BCUT2D eigenvalue weighted by atomic mass is 16.3. The fraction of sp³-hybridized carbons (Fsp3) is 0.400. The van der Waals surface area contributed by atoms with Crippen LogP contribution in [0.1, 0.15) is 27.2 Å². The van der Waals surface area contributed by atoms with E-state index in [1.165, 1.54) is 5.57 Å². The van der Waals surface area contributed by atoms with Crippen LogP contribution < -0.4 is 0 Å². The highest BCUT2D eigenvalue weighted by molar-refractivity contribution is 5.16. The van der Waals surface area contributed by atoms with Gasteiger partial charge in [0, 0.05) is 6.42 Å². The quantitative estimate of drug-likeness (QED) is 0.373. The van der Waals surface area contributed by atoms with E-state index in [1.807, 2.05) is 26.8 Å². The standard InChI is InChI=1S/C10H16O/c1-8(2)5-6-10(11)7-9(3)4/h5,7,11H,3,6H2,1-2,4H3. The van der Waals surface area contributed by atoms with Crippen molar-refractivity contribution in [1.82, 2.24) is 0 Å². The third-order valence-corrected chi connectivity index (χ3v) is 1.13. The van der Waals surface area contributed by atoms with Gasteiger partial charge in [-0.15, -0.1) is 0 Å². The predicted octanol–water partition coefficient (Wildman–Crippen LogP) is 3.36. The van der Waals surface area contributed by atoms with Crippen LogP contribution in [-0.4, -0.2) is 5.11 Å². The van der Waals surface area contributed by atoms with Gasteiger partial charge in [0.1, 0.15) is 0 Å². The molecule has 0 unspecified atom stereocenters. The number of allylic oxidation sites excluding steroid dienone is 4. The molecule has 0 aliphatic heterocycles. The molecule has 0 spiro atoms. The number of aliphatic hydroxyl groups is 1. The molecule has 0 aromatic carbocycles. The zero-order valence-corrected chi connectivity index (χ0v) is 7.52. The zero-order valence-electron chi connectivity index (χ0n) is 7.52. The Labute approximate surface area is 68.7 Å². The first-order valence-corrected chi connectivity index (χ1v) is 3.70. The van der Waals surface area contributed by atoms with Crippen LogP contribution in [0.15, 0.2) is 35.6 Å². The second-order valence-corrected chi connectivity index (χ2v) is 2.97. The molecule has 11 heavy (non-hydrogen) atoms. The van der Waals surface area contributed by atoms with E-state index in [0.717, 1.165) is 5.57 Å². The van der Waals surface area contributed by atoms with Crippen molar-refractivity contribution >= 4 is 0 Å². The third-order valence-electron chi connectivity index (χ3n) is 1.13. The Bertz CT molecular complexity index is 193. The molecule has 0 fully saturated rings. The molecular formula is C10H16O. The number of rotatable bonds is 3. The molecule has 0 rings (SSSR count). The van der Waals surface area contributed by atoms with Gasteiger partial charge >= 0.3 is 0 Å². The lowest BCUT2D eigenvalue weighted by Gasteiger charge is -1.95. The van der Waals surface area contributed by atoms with Crippen molar-refractivity contribution in [2.45, 2.75) is 27.2 Å². The summed E-state index contributed by atoms with van der Waals surface area (Å²) in [5.41, 5.74) is 2.09. The van der Waals surface area contributed by atoms with Crippen LogP contribution in [0.3, 0.4) is 0 Å². The van der Waals surface area contributed by atoms with Gasteiger partial charge in [0.2, 0.25) is 0 Å². The topological polar surface area (TPSA) is 20.2 Å². The van der Waals surface area contributed by atoms with Gasteiger partial charge in [-0.1, -0.05) is 23.8 Å². The molecule has 1 heteroatoms. The van der Waals surface area contributed by atoms with E-state index in [4.69, 9.17) is 0 Å². The van der Waals surface area contributed by atoms with E-state index in [1.54, 1.807) is 6.08 Å². The molecule has 0 amide bonds. The number of aliphatic hydroxyl groups excluding tert-OH is 1. The third kappa shape index (κ3) is 6.91. The molecule has 0 aliphatic carbocycles. The average molecular weight is 152 g/mol.